The number of carbonyl (C=O) groups excluding carboxylic acids is 1. The average molecular weight is 438 g/mol. The fourth-order valence-corrected chi connectivity index (χ4v) is 7.27. The molecular weight excluding hydrogens is 406 g/mol. The smallest absolute Gasteiger partial charge is 0.274 e. The molecule has 1 aromatic heterocycles. The molecule has 5 aliphatic heterocycles. The highest BCUT2D eigenvalue weighted by atomic mass is 32.1. The lowest BCUT2D eigenvalue weighted by atomic mass is 10.0. The molecule has 1 amide bonds. The number of nitrogens with zero attached hydrogens (tertiary/aromatic N) is 5. The number of fused-ring (bicyclic) bond motifs is 7. The van der Waals surface area contributed by atoms with Crippen LogP contribution >= 0.6 is 11.5 Å². The molecule has 5 saturated heterocycles. The fraction of sp³-hybridized carbons (Fsp3) is 0.667. The third-order valence-corrected chi connectivity index (χ3v) is 9.26. The second-order valence-electron chi connectivity index (χ2n) is 10.4. The number of piperazine rings is 1. The van der Waals surface area contributed by atoms with Crippen molar-refractivity contribution in [3.63, 3.8) is 0 Å². The van der Waals surface area contributed by atoms with Crippen LogP contribution in [0.4, 0.5) is 5.69 Å². The number of hydrogen-bond donors (Lipinski definition) is 0. The number of carbonyl (C=O) groups is 1. The third-order valence-electron chi connectivity index (χ3n) is 8.45. The highest BCUT2D eigenvalue weighted by Gasteiger charge is 2.44. The van der Waals surface area contributed by atoms with Crippen LogP contribution in [0.25, 0.3) is 10.1 Å². The van der Waals surface area contributed by atoms with E-state index in [-0.39, 0.29) is 5.91 Å². The van der Waals surface area contributed by atoms with E-state index in [1.807, 2.05) is 0 Å². The van der Waals surface area contributed by atoms with Crippen LogP contribution in [-0.2, 0) is 0 Å². The van der Waals surface area contributed by atoms with Crippen LogP contribution in [-0.4, -0.2) is 88.9 Å². The van der Waals surface area contributed by atoms with Gasteiger partial charge in [-0.3, -0.25) is 9.69 Å². The summed E-state index contributed by atoms with van der Waals surface area (Å²) in [7, 11) is 0. The van der Waals surface area contributed by atoms with Crippen LogP contribution in [0, 0.1) is 5.92 Å². The number of anilines is 1. The molecule has 6 heterocycles. The van der Waals surface area contributed by atoms with E-state index >= 15 is 0 Å². The first-order valence-corrected chi connectivity index (χ1v) is 12.9. The van der Waals surface area contributed by atoms with Crippen molar-refractivity contribution in [2.24, 2.45) is 5.92 Å². The second kappa shape index (κ2) is 7.15. The first-order chi connectivity index (χ1) is 15.2. The number of amides is 1. The van der Waals surface area contributed by atoms with E-state index in [1.54, 1.807) is 0 Å². The fourth-order valence-electron chi connectivity index (χ4n) is 6.47. The lowest BCUT2D eigenvalue weighted by molar-refractivity contribution is 0.0682. The molecule has 0 N–H and O–H groups in total. The average Bonchev–Trinajstić information content (AvgIpc) is 3.33. The Labute approximate surface area is 187 Å². The summed E-state index contributed by atoms with van der Waals surface area (Å²) in [4.78, 5) is 23.4. The van der Waals surface area contributed by atoms with E-state index in [2.05, 4.69) is 42.2 Å². The minimum Gasteiger partial charge on any atom is -0.366 e. The van der Waals surface area contributed by atoms with Crippen LogP contribution in [0.1, 0.15) is 42.6 Å². The minimum absolute atomic E-state index is 0.142. The van der Waals surface area contributed by atoms with Crippen molar-refractivity contribution in [1.29, 1.82) is 0 Å². The Bertz CT molecular complexity index is 1010. The van der Waals surface area contributed by atoms with Crippen LogP contribution in [0.2, 0.25) is 0 Å². The molecule has 0 spiro atoms. The topological polar surface area (TPSA) is 42.9 Å². The first kappa shape index (κ1) is 18.8. The molecule has 31 heavy (non-hydrogen) atoms. The quantitative estimate of drug-likeness (QED) is 0.736. The molecule has 6 aliphatic rings. The van der Waals surface area contributed by atoms with Crippen molar-refractivity contribution in [2.75, 3.05) is 50.7 Å². The Morgan fingerprint density at radius 2 is 1.87 bits per heavy atom. The van der Waals surface area contributed by atoms with Gasteiger partial charge in [0.2, 0.25) is 0 Å². The first-order valence-electron chi connectivity index (χ1n) is 12.2. The summed E-state index contributed by atoms with van der Waals surface area (Å²) < 4.78 is 5.81. The molecule has 1 aliphatic carbocycles. The Hall–Kier alpha value is -1.70. The lowest BCUT2D eigenvalue weighted by Crippen LogP contribution is -2.47. The number of piperidine rings is 1. The van der Waals surface area contributed by atoms with Crippen molar-refractivity contribution in [3.05, 3.63) is 23.9 Å². The molecule has 6 nitrogen and oxygen atoms in total. The van der Waals surface area contributed by atoms with Crippen molar-refractivity contribution >= 4 is 33.2 Å². The molecule has 2 atom stereocenters. The summed E-state index contributed by atoms with van der Waals surface area (Å²) >= 11 is 1.50. The monoisotopic (exact) mass is 437 g/mol. The standard InChI is InChI=1S/C24H31N5OS/c30-24(28-10-9-26-7-5-17(28)6-8-26)23-21-4-3-18(12-22(21)31-25-23)29-15-19-11-20(29)14-27(19)13-16-1-2-16/h3-4,12,16-17,19-20H,1-2,5-11,13-15H2/t19-,20-/m0/s1. The summed E-state index contributed by atoms with van der Waals surface area (Å²) in [5.74, 6) is 1.12. The van der Waals surface area contributed by atoms with Gasteiger partial charge in [0.05, 0.1) is 4.70 Å². The van der Waals surface area contributed by atoms with Gasteiger partial charge in [-0.25, -0.2) is 0 Å². The Kier molecular flexibility index (Phi) is 4.35. The van der Waals surface area contributed by atoms with Gasteiger partial charge >= 0.3 is 0 Å². The summed E-state index contributed by atoms with van der Waals surface area (Å²) in [6, 6.07) is 8.45. The van der Waals surface area contributed by atoms with Crippen molar-refractivity contribution in [1.82, 2.24) is 19.1 Å². The predicted octanol–water partition coefficient (Wildman–Crippen LogP) is 2.89. The third kappa shape index (κ3) is 3.19. The summed E-state index contributed by atoms with van der Waals surface area (Å²) in [5.41, 5.74) is 1.99. The zero-order valence-electron chi connectivity index (χ0n) is 18.1. The van der Waals surface area contributed by atoms with Crippen LogP contribution in [0.5, 0.6) is 0 Å². The number of aromatic nitrogens is 1. The normalized spacial score (nSPS) is 32.9. The minimum atomic E-state index is 0.142. The SMILES string of the molecule is O=C(c1nsc2cc(N3C[C@@H]4C[C@H]3CN4CC3CC3)ccc12)N1CCN2CCC1CC2. The highest BCUT2D eigenvalue weighted by Crippen LogP contribution is 2.39. The number of hydrogen-bond acceptors (Lipinski definition) is 6. The highest BCUT2D eigenvalue weighted by molar-refractivity contribution is 7.13. The van der Waals surface area contributed by atoms with E-state index in [0.717, 1.165) is 67.6 Å². The summed E-state index contributed by atoms with van der Waals surface area (Å²) in [6.07, 6.45) is 6.40. The van der Waals surface area contributed by atoms with Gasteiger partial charge in [0.25, 0.3) is 5.91 Å². The van der Waals surface area contributed by atoms with E-state index in [0.29, 0.717) is 17.8 Å². The van der Waals surface area contributed by atoms with Crippen LogP contribution < -0.4 is 4.90 Å². The van der Waals surface area contributed by atoms with Gasteiger partial charge < -0.3 is 14.7 Å². The Morgan fingerprint density at radius 3 is 2.65 bits per heavy atom. The van der Waals surface area contributed by atoms with Crippen molar-refractivity contribution in [2.45, 2.75) is 50.2 Å². The maximum atomic E-state index is 13.4. The number of rotatable bonds is 4. The van der Waals surface area contributed by atoms with Gasteiger partial charge in [-0.05, 0) is 67.8 Å². The van der Waals surface area contributed by atoms with Crippen LogP contribution in [0.15, 0.2) is 18.2 Å². The summed E-state index contributed by atoms with van der Waals surface area (Å²) in [6.45, 7) is 7.80. The lowest BCUT2D eigenvalue weighted by Gasteiger charge is -2.35. The van der Waals surface area contributed by atoms with Gasteiger partial charge in [-0.1, -0.05) is 0 Å². The Balaban J connectivity index is 1.11. The molecule has 0 radical (unpaired) electrons. The molecule has 7 heteroatoms. The molecule has 1 aromatic carbocycles. The molecule has 8 rings (SSSR count). The molecule has 164 valence electrons. The van der Waals surface area contributed by atoms with Gasteiger partial charge in [-0.15, -0.1) is 0 Å². The largest absolute Gasteiger partial charge is 0.366 e. The molecule has 6 fully saturated rings. The number of benzene rings is 1. The van der Waals surface area contributed by atoms with Gasteiger partial charge in [-0.2, -0.15) is 4.37 Å². The Morgan fingerprint density at radius 1 is 1.00 bits per heavy atom. The second-order valence-corrected chi connectivity index (χ2v) is 11.2. The van der Waals surface area contributed by atoms with Crippen molar-refractivity contribution < 1.29 is 4.79 Å². The van der Waals surface area contributed by atoms with Gasteiger partial charge in [0, 0.05) is 75.0 Å². The van der Waals surface area contributed by atoms with E-state index < -0.39 is 0 Å². The summed E-state index contributed by atoms with van der Waals surface area (Å²) in [5, 5.41) is 1.04. The predicted molar refractivity (Wildman–Crippen MR) is 124 cm³/mol. The molecular formula is C24H31N5OS. The zero-order valence-corrected chi connectivity index (χ0v) is 18.9. The van der Waals surface area contributed by atoms with Crippen LogP contribution in [0.3, 0.4) is 0 Å². The molecule has 4 bridgehead atoms. The van der Waals surface area contributed by atoms with Crippen molar-refractivity contribution in [3.8, 4) is 0 Å². The van der Waals surface area contributed by atoms with Gasteiger partial charge in [0.1, 0.15) is 5.69 Å². The van der Waals surface area contributed by atoms with E-state index in [1.165, 1.54) is 49.6 Å². The van der Waals surface area contributed by atoms with E-state index in [9.17, 15) is 4.79 Å². The molecule has 0 unspecified atom stereocenters. The molecule has 2 aromatic rings. The maximum Gasteiger partial charge on any atom is 0.274 e. The molecule has 1 saturated carbocycles. The zero-order chi connectivity index (χ0) is 20.5. The maximum absolute atomic E-state index is 13.4. The van der Waals surface area contributed by atoms with Gasteiger partial charge in [0.15, 0.2) is 0 Å². The number of likely N-dealkylation sites (tertiary alicyclic amines) is 1. The van der Waals surface area contributed by atoms with E-state index in [4.69, 9.17) is 0 Å².